The molecule has 2 aromatic heterocycles. The van der Waals surface area contributed by atoms with E-state index in [1.54, 1.807) is 7.11 Å². The van der Waals surface area contributed by atoms with Crippen molar-refractivity contribution in [1.29, 1.82) is 0 Å². The number of amides is 1. The molecule has 7 nitrogen and oxygen atoms in total. The molecule has 0 aliphatic carbocycles. The Morgan fingerprint density at radius 2 is 2.07 bits per heavy atom. The van der Waals surface area contributed by atoms with Gasteiger partial charge in [-0.05, 0) is 35.9 Å². The van der Waals surface area contributed by atoms with E-state index >= 15 is 0 Å². The number of hydrogen-bond acceptors (Lipinski definition) is 7. The molecule has 1 aliphatic rings. The number of carbonyl (C=O) groups excluding carboxylic acids is 1. The van der Waals surface area contributed by atoms with Crippen molar-refractivity contribution in [1.82, 2.24) is 10.3 Å². The van der Waals surface area contributed by atoms with Crippen molar-refractivity contribution in [3.05, 3.63) is 52.9 Å². The zero-order chi connectivity index (χ0) is 20.0. The van der Waals surface area contributed by atoms with Crippen LogP contribution in [0.3, 0.4) is 0 Å². The molecule has 0 radical (unpaired) electrons. The van der Waals surface area contributed by atoms with Gasteiger partial charge in [0.25, 0.3) is 5.91 Å². The van der Waals surface area contributed by atoms with Crippen LogP contribution in [0, 0.1) is 0 Å². The van der Waals surface area contributed by atoms with Crippen molar-refractivity contribution in [2.75, 3.05) is 19.6 Å². The first kappa shape index (κ1) is 17.6. The number of benzene rings is 2. The number of pyridine rings is 1. The summed E-state index contributed by atoms with van der Waals surface area (Å²) < 4.78 is 15.9. The molecule has 146 valence electrons. The van der Waals surface area contributed by atoms with Gasteiger partial charge in [-0.15, -0.1) is 11.3 Å². The number of fused-ring (bicyclic) bond motifs is 3. The molecule has 0 saturated heterocycles. The van der Waals surface area contributed by atoms with E-state index in [0.717, 1.165) is 32.4 Å². The normalized spacial score (nSPS) is 12.4. The van der Waals surface area contributed by atoms with Gasteiger partial charge in [-0.2, -0.15) is 0 Å². The van der Waals surface area contributed by atoms with Gasteiger partial charge >= 0.3 is 0 Å². The fraction of sp³-hybridized carbons (Fsp3) is 0.143. The Morgan fingerprint density at radius 3 is 2.93 bits per heavy atom. The van der Waals surface area contributed by atoms with Crippen molar-refractivity contribution < 1.29 is 19.0 Å². The number of nitrogens with zero attached hydrogens (tertiary/aromatic N) is 1. The summed E-state index contributed by atoms with van der Waals surface area (Å²) in [5.41, 5.74) is 8.43. The fourth-order valence-corrected chi connectivity index (χ4v) is 4.28. The molecule has 29 heavy (non-hydrogen) atoms. The van der Waals surface area contributed by atoms with Crippen LogP contribution in [0.1, 0.15) is 15.2 Å². The second-order valence-electron chi connectivity index (χ2n) is 6.61. The second kappa shape index (κ2) is 6.82. The van der Waals surface area contributed by atoms with Crippen molar-refractivity contribution in [2.45, 2.75) is 6.54 Å². The Labute approximate surface area is 170 Å². The van der Waals surface area contributed by atoms with Crippen molar-refractivity contribution in [3.8, 4) is 17.2 Å². The molecule has 0 spiro atoms. The lowest BCUT2D eigenvalue weighted by molar-refractivity contribution is 0.0955. The molecule has 0 saturated carbocycles. The highest BCUT2D eigenvalue weighted by atomic mass is 32.1. The molecule has 0 bridgehead atoms. The zero-order valence-electron chi connectivity index (χ0n) is 15.5. The lowest BCUT2D eigenvalue weighted by Gasteiger charge is -2.06. The van der Waals surface area contributed by atoms with Crippen molar-refractivity contribution >= 4 is 44.1 Å². The SMILES string of the molecule is COc1ccc2cc3c(N)c(C(=O)NCc4ccc5c(c4)OCO5)sc3nc2c1. The third-order valence-corrected chi connectivity index (χ3v) is 5.93. The second-order valence-corrected chi connectivity index (χ2v) is 7.61. The Morgan fingerprint density at radius 1 is 1.21 bits per heavy atom. The van der Waals surface area contributed by atoms with E-state index in [1.807, 2.05) is 42.5 Å². The largest absolute Gasteiger partial charge is 0.497 e. The molecular formula is C21H17N3O4S. The smallest absolute Gasteiger partial charge is 0.263 e. The van der Waals surface area contributed by atoms with Gasteiger partial charge in [0.1, 0.15) is 15.5 Å². The van der Waals surface area contributed by atoms with Crippen molar-refractivity contribution in [3.63, 3.8) is 0 Å². The number of thiophene rings is 1. The Balaban J connectivity index is 1.42. The number of nitrogen functional groups attached to an aromatic ring is 1. The van der Waals surface area contributed by atoms with Crippen LogP contribution in [-0.2, 0) is 6.54 Å². The molecule has 3 N–H and O–H groups in total. The van der Waals surface area contributed by atoms with Gasteiger partial charge in [0.2, 0.25) is 6.79 Å². The van der Waals surface area contributed by atoms with Gasteiger partial charge in [0.15, 0.2) is 11.5 Å². The van der Waals surface area contributed by atoms with E-state index < -0.39 is 0 Å². The average molecular weight is 407 g/mol. The maximum atomic E-state index is 12.8. The summed E-state index contributed by atoms with van der Waals surface area (Å²) in [6.45, 7) is 0.576. The lowest BCUT2D eigenvalue weighted by Crippen LogP contribution is -2.22. The molecule has 0 unspecified atom stereocenters. The Kier molecular flexibility index (Phi) is 4.13. The number of nitrogens with one attached hydrogen (secondary N) is 1. The number of nitrogens with two attached hydrogens (primary N) is 1. The number of aromatic nitrogens is 1. The molecule has 3 heterocycles. The van der Waals surface area contributed by atoms with Crippen molar-refractivity contribution in [2.24, 2.45) is 0 Å². The monoisotopic (exact) mass is 407 g/mol. The van der Waals surface area contributed by atoms with Crippen LogP contribution >= 0.6 is 11.3 Å². The van der Waals surface area contributed by atoms with Crippen LogP contribution < -0.4 is 25.3 Å². The van der Waals surface area contributed by atoms with Gasteiger partial charge < -0.3 is 25.3 Å². The molecule has 2 aromatic carbocycles. The quantitative estimate of drug-likeness (QED) is 0.536. The van der Waals surface area contributed by atoms with Gasteiger partial charge in [-0.1, -0.05) is 6.07 Å². The maximum Gasteiger partial charge on any atom is 0.263 e. The first-order chi connectivity index (χ1) is 14.1. The summed E-state index contributed by atoms with van der Waals surface area (Å²) in [6.07, 6.45) is 0. The minimum absolute atomic E-state index is 0.219. The lowest BCUT2D eigenvalue weighted by atomic mass is 10.1. The Bertz CT molecular complexity index is 1270. The topological polar surface area (TPSA) is 95.7 Å². The molecule has 8 heteroatoms. The number of ether oxygens (including phenoxy) is 3. The third-order valence-electron chi connectivity index (χ3n) is 4.82. The van der Waals surface area contributed by atoms with Gasteiger partial charge in [0.05, 0.1) is 18.3 Å². The summed E-state index contributed by atoms with van der Waals surface area (Å²) in [7, 11) is 1.62. The highest BCUT2D eigenvalue weighted by Crippen LogP contribution is 2.35. The first-order valence-corrected chi connectivity index (χ1v) is 9.77. The van der Waals surface area contributed by atoms with E-state index in [2.05, 4.69) is 10.3 Å². The molecule has 1 aliphatic heterocycles. The molecule has 0 fully saturated rings. The summed E-state index contributed by atoms with van der Waals surface area (Å²) in [6, 6.07) is 13.2. The molecule has 1 amide bonds. The zero-order valence-corrected chi connectivity index (χ0v) is 16.3. The highest BCUT2D eigenvalue weighted by molar-refractivity contribution is 7.21. The van der Waals surface area contributed by atoms with Crippen LogP contribution in [0.25, 0.3) is 21.1 Å². The van der Waals surface area contributed by atoms with E-state index in [1.165, 1.54) is 11.3 Å². The van der Waals surface area contributed by atoms with Crippen LogP contribution in [0.2, 0.25) is 0 Å². The third kappa shape index (κ3) is 3.07. The van der Waals surface area contributed by atoms with Gasteiger partial charge in [0, 0.05) is 23.4 Å². The van der Waals surface area contributed by atoms with Crippen LogP contribution in [0.5, 0.6) is 17.2 Å². The number of rotatable bonds is 4. The summed E-state index contributed by atoms with van der Waals surface area (Å²) in [5, 5.41) is 4.63. The van der Waals surface area contributed by atoms with Crippen LogP contribution in [-0.4, -0.2) is 24.8 Å². The molecule has 4 aromatic rings. The number of hydrogen-bond donors (Lipinski definition) is 2. The predicted molar refractivity (Wildman–Crippen MR) is 112 cm³/mol. The fourth-order valence-electron chi connectivity index (χ4n) is 3.28. The summed E-state index contributed by atoms with van der Waals surface area (Å²) in [4.78, 5) is 18.6. The average Bonchev–Trinajstić information content (AvgIpc) is 3.34. The predicted octanol–water partition coefficient (Wildman–Crippen LogP) is 3.70. The van der Waals surface area contributed by atoms with E-state index in [-0.39, 0.29) is 12.7 Å². The number of methoxy groups -OCH3 is 1. The summed E-state index contributed by atoms with van der Waals surface area (Å²) >= 11 is 1.28. The Hall–Kier alpha value is -3.52. The number of carbonyl (C=O) groups is 1. The molecular weight excluding hydrogens is 390 g/mol. The minimum Gasteiger partial charge on any atom is -0.497 e. The molecule has 5 rings (SSSR count). The van der Waals surface area contributed by atoms with E-state index in [4.69, 9.17) is 19.9 Å². The highest BCUT2D eigenvalue weighted by Gasteiger charge is 2.19. The van der Waals surface area contributed by atoms with Crippen LogP contribution in [0.15, 0.2) is 42.5 Å². The molecule has 0 atom stereocenters. The van der Waals surface area contributed by atoms with Gasteiger partial charge in [-0.3, -0.25) is 4.79 Å². The van der Waals surface area contributed by atoms with E-state index in [9.17, 15) is 4.79 Å². The maximum absolute atomic E-state index is 12.8. The van der Waals surface area contributed by atoms with E-state index in [0.29, 0.717) is 28.6 Å². The standard InChI is InChI=1S/C21H17N3O4S/c1-26-13-4-3-12-7-14-18(22)19(29-21(14)24-15(12)8-13)20(25)23-9-11-2-5-16-17(6-11)28-10-27-16/h2-8H,9-10,22H2,1H3,(H,23,25). The minimum atomic E-state index is -0.232. The summed E-state index contributed by atoms with van der Waals surface area (Å²) in [5.74, 6) is 1.90. The number of anilines is 1. The first-order valence-electron chi connectivity index (χ1n) is 8.96. The van der Waals surface area contributed by atoms with Crippen LogP contribution in [0.4, 0.5) is 5.69 Å². The van der Waals surface area contributed by atoms with Gasteiger partial charge in [-0.25, -0.2) is 4.98 Å².